The van der Waals surface area contributed by atoms with Gasteiger partial charge in [0, 0.05) is 28.7 Å². The fraction of sp³-hybridized carbons (Fsp3) is 0.250. The van der Waals surface area contributed by atoms with E-state index in [1.54, 1.807) is 0 Å². The first kappa shape index (κ1) is 18.1. The van der Waals surface area contributed by atoms with Crippen LogP contribution in [0.15, 0.2) is 78.9 Å². The van der Waals surface area contributed by atoms with Crippen molar-refractivity contribution in [2.75, 3.05) is 10.6 Å². The van der Waals surface area contributed by atoms with Gasteiger partial charge in [-0.05, 0) is 55.2 Å². The Balaban J connectivity index is 1.72. The maximum atomic E-state index is 3.57. The molecule has 0 aromatic heterocycles. The summed E-state index contributed by atoms with van der Waals surface area (Å²) in [4.78, 5) is 0. The highest BCUT2D eigenvalue weighted by Crippen LogP contribution is 2.30. The van der Waals surface area contributed by atoms with Gasteiger partial charge in [0.25, 0.3) is 0 Å². The minimum atomic E-state index is 0.479. The smallest absolute Gasteiger partial charge is 0.0463 e. The third-order valence-corrected chi connectivity index (χ3v) is 4.41. The minimum absolute atomic E-state index is 0.479. The van der Waals surface area contributed by atoms with Crippen LogP contribution in [-0.4, -0.2) is 6.04 Å². The number of benzene rings is 3. The Morgan fingerprint density at radius 2 is 1.31 bits per heavy atom. The maximum Gasteiger partial charge on any atom is 0.0463 e. The van der Waals surface area contributed by atoms with Crippen LogP contribution in [0.5, 0.6) is 0 Å². The van der Waals surface area contributed by atoms with Crippen molar-refractivity contribution in [3.63, 3.8) is 0 Å². The molecule has 2 heteroatoms. The molecule has 0 aliphatic carbocycles. The number of para-hydroxylation sites is 1. The Bertz CT molecular complexity index is 807. The summed E-state index contributed by atoms with van der Waals surface area (Å²) in [5, 5.41) is 7.13. The van der Waals surface area contributed by atoms with Gasteiger partial charge in [-0.3, -0.25) is 0 Å². The molecular formula is C24H28N2. The van der Waals surface area contributed by atoms with Crippen LogP contribution in [0.1, 0.15) is 27.2 Å². The lowest BCUT2D eigenvalue weighted by atomic mass is 10.0. The van der Waals surface area contributed by atoms with E-state index in [1.165, 1.54) is 23.2 Å². The molecule has 2 N–H and O–H groups in total. The molecule has 134 valence electrons. The van der Waals surface area contributed by atoms with E-state index in [4.69, 9.17) is 0 Å². The molecule has 0 spiro atoms. The molecule has 0 bridgehead atoms. The third-order valence-electron chi connectivity index (χ3n) is 4.41. The van der Waals surface area contributed by atoms with E-state index in [-0.39, 0.29) is 0 Å². The van der Waals surface area contributed by atoms with Crippen molar-refractivity contribution in [1.29, 1.82) is 0 Å². The molecule has 3 aromatic rings. The summed E-state index contributed by atoms with van der Waals surface area (Å²) in [5.74, 6) is 0.702. The van der Waals surface area contributed by atoms with Gasteiger partial charge in [-0.15, -0.1) is 0 Å². The van der Waals surface area contributed by atoms with E-state index < -0.39 is 0 Å². The van der Waals surface area contributed by atoms with Gasteiger partial charge in [0.15, 0.2) is 0 Å². The second-order valence-corrected chi connectivity index (χ2v) is 7.29. The van der Waals surface area contributed by atoms with Crippen LogP contribution in [0, 0.1) is 5.92 Å². The molecule has 0 radical (unpaired) electrons. The minimum Gasteiger partial charge on any atom is -0.383 e. The SMILES string of the molecule is CC(C)CC(C)Nc1ccc(Nc2ccccc2-c2ccccc2)cc1. The first-order chi connectivity index (χ1) is 12.6. The highest BCUT2D eigenvalue weighted by molar-refractivity contribution is 5.81. The summed E-state index contributed by atoms with van der Waals surface area (Å²) in [6.07, 6.45) is 1.17. The van der Waals surface area contributed by atoms with Gasteiger partial charge < -0.3 is 10.6 Å². The highest BCUT2D eigenvalue weighted by atomic mass is 14.9. The third kappa shape index (κ3) is 4.89. The summed E-state index contributed by atoms with van der Waals surface area (Å²) in [6, 6.07) is 27.9. The number of hydrogen-bond donors (Lipinski definition) is 2. The van der Waals surface area contributed by atoms with Gasteiger partial charge in [0.1, 0.15) is 0 Å². The number of rotatable bonds is 7. The number of anilines is 3. The Hall–Kier alpha value is -2.74. The van der Waals surface area contributed by atoms with Crippen LogP contribution < -0.4 is 10.6 Å². The van der Waals surface area contributed by atoms with Crippen molar-refractivity contribution in [1.82, 2.24) is 0 Å². The zero-order valence-corrected chi connectivity index (χ0v) is 15.9. The summed E-state index contributed by atoms with van der Waals surface area (Å²) in [7, 11) is 0. The second-order valence-electron chi connectivity index (χ2n) is 7.29. The fourth-order valence-electron chi connectivity index (χ4n) is 3.32. The van der Waals surface area contributed by atoms with E-state index in [1.807, 2.05) is 6.07 Å². The number of nitrogens with one attached hydrogen (secondary N) is 2. The topological polar surface area (TPSA) is 24.1 Å². The molecule has 0 heterocycles. The predicted octanol–water partition coefficient (Wildman–Crippen LogP) is 6.94. The zero-order valence-electron chi connectivity index (χ0n) is 15.9. The fourth-order valence-corrected chi connectivity index (χ4v) is 3.32. The molecule has 0 aliphatic heterocycles. The first-order valence-corrected chi connectivity index (χ1v) is 9.40. The van der Waals surface area contributed by atoms with Crippen molar-refractivity contribution < 1.29 is 0 Å². The van der Waals surface area contributed by atoms with Gasteiger partial charge in [0.05, 0.1) is 0 Å². The van der Waals surface area contributed by atoms with Crippen LogP contribution >= 0.6 is 0 Å². The molecular weight excluding hydrogens is 316 g/mol. The van der Waals surface area contributed by atoms with Gasteiger partial charge >= 0.3 is 0 Å². The molecule has 26 heavy (non-hydrogen) atoms. The summed E-state index contributed by atoms with van der Waals surface area (Å²) in [5.41, 5.74) is 5.81. The van der Waals surface area contributed by atoms with Gasteiger partial charge in [-0.2, -0.15) is 0 Å². The van der Waals surface area contributed by atoms with Gasteiger partial charge in [0.2, 0.25) is 0 Å². The Kier molecular flexibility index (Phi) is 5.96. The van der Waals surface area contributed by atoms with Gasteiger partial charge in [-0.25, -0.2) is 0 Å². The van der Waals surface area contributed by atoms with E-state index >= 15 is 0 Å². The molecule has 3 rings (SSSR count). The second kappa shape index (κ2) is 8.57. The quantitative estimate of drug-likeness (QED) is 0.485. The molecule has 0 amide bonds. The summed E-state index contributed by atoms with van der Waals surface area (Å²) in [6.45, 7) is 6.76. The van der Waals surface area contributed by atoms with Crippen LogP contribution in [0.2, 0.25) is 0 Å². The lowest BCUT2D eigenvalue weighted by molar-refractivity contribution is 0.540. The molecule has 0 saturated heterocycles. The van der Waals surface area contributed by atoms with E-state index in [9.17, 15) is 0 Å². The van der Waals surface area contributed by atoms with Crippen molar-refractivity contribution in [2.24, 2.45) is 5.92 Å². The van der Waals surface area contributed by atoms with E-state index in [2.05, 4.69) is 104 Å². The summed E-state index contributed by atoms with van der Waals surface area (Å²) < 4.78 is 0. The van der Waals surface area contributed by atoms with Gasteiger partial charge in [-0.1, -0.05) is 62.4 Å². The average molecular weight is 345 g/mol. The van der Waals surface area contributed by atoms with Crippen LogP contribution in [0.4, 0.5) is 17.1 Å². The molecule has 2 nitrogen and oxygen atoms in total. The highest BCUT2D eigenvalue weighted by Gasteiger charge is 2.06. The lowest BCUT2D eigenvalue weighted by Gasteiger charge is -2.18. The van der Waals surface area contributed by atoms with Crippen LogP contribution in [0.3, 0.4) is 0 Å². The molecule has 1 unspecified atom stereocenters. The largest absolute Gasteiger partial charge is 0.383 e. The Morgan fingerprint density at radius 1 is 0.692 bits per heavy atom. The van der Waals surface area contributed by atoms with E-state index in [0.29, 0.717) is 12.0 Å². The molecule has 3 aromatic carbocycles. The van der Waals surface area contributed by atoms with Crippen molar-refractivity contribution in [3.05, 3.63) is 78.9 Å². The van der Waals surface area contributed by atoms with Crippen molar-refractivity contribution in [3.8, 4) is 11.1 Å². The molecule has 0 saturated carbocycles. The molecule has 1 atom stereocenters. The van der Waals surface area contributed by atoms with Crippen molar-refractivity contribution in [2.45, 2.75) is 33.2 Å². The monoisotopic (exact) mass is 344 g/mol. The maximum absolute atomic E-state index is 3.57. The summed E-state index contributed by atoms with van der Waals surface area (Å²) >= 11 is 0. The normalized spacial score (nSPS) is 12.0. The van der Waals surface area contributed by atoms with Crippen LogP contribution in [0.25, 0.3) is 11.1 Å². The molecule has 0 aliphatic rings. The van der Waals surface area contributed by atoms with E-state index in [0.717, 1.165) is 11.4 Å². The van der Waals surface area contributed by atoms with Crippen molar-refractivity contribution >= 4 is 17.1 Å². The molecule has 0 fully saturated rings. The standard InChI is InChI=1S/C24H28N2/c1-18(2)17-19(3)25-21-13-15-22(16-14-21)26-24-12-8-7-11-23(24)20-9-5-4-6-10-20/h4-16,18-19,25-26H,17H2,1-3H3. The van der Waals surface area contributed by atoms with Crippen LogP contribution in [-0.2, 0) is 0 Å². The number of hydrogen-bond acceptors (Lipinski definition) is 2. The zero-order chi connectivity index (χ0) is 18.4. The Morgan fingerprint density at radius 3 is 2.00 bits per heavy atom. The average Bonchev–Trinajstić information content (AvgIpc) is 2.64. The Labute approximate surface area is 157 Å². The first-order valence-electron chi connectivity index (χ1n) is 9.40. The predicted molar refractivity (Wildman–Crippen MR) is 114 cm³/mol. The lowest BCUT2D eigenvalue weighted by Crippen LogP contribution is -2.17.